The smallest absolute Gasteiger partial charge is 0.131 e. The van der Waals surface area contributed by atoms with Gasteiger partial charge in [-0.05, 0) is 26.0 Å². The van der Waals surface area contributed by atoms with Crippen molar-refractivity contribution in [2.45, 2.75) is 13.3 Å². The molecule has 2 N–H and O–H groups in total. The first-order chi connectivity index (χ1) is 6.38. The molecule has 0 bridgehead atoms. The summed E-state index contributed by atoms with van der Waals surface area (Å²) in [5.74, 6) is 0.978. The van der Waals surface area contributed by atoms with E-state index >= 15 is 0 Å². The van der Waals surface area contributed by atoms with Crippen LogP contribution in [0.15, 0.2) is 18.6 Å². The maximum atomic E-state index is 5.45. The van der Waals surface area contributed by atoms with Crippen LogP contribution < -0.4 is 10.6 Å². The largest absolute Gasteiger partial charge is 0.357 e. The third-order valence-corrected chi connectivity index (χ3v) is 1.90. The molecule has 4 nitrogen and oxygen atoms in total. The van der Waals surface area contributed by atoms with Gasteiger partial charge < -0.3 is 10.6 Å². The average molecular weight is 180 g/mol. The molecule has 1 aromatic rings. The van der Waals surface area contributed by atoms with E-state index in [4.69, 9.17) is 5.73 Å². The van der Waals surface area contributed by atoms with Gasteiger partial charge in [-0.15, -0.1) is 0 Å². The van der Waals surface area contributed by atoms with Crippen molar-refractivity contribution >= 4 is 5.82 Å². The second-order valence-electron chi connectivity index (χ2n) is 2.79. The molecular formula is C9H16N4. The van der Waals surface area contributed by atoms with E-state index in [-0.39, 0.29) is 0 Å². The highest BCUT2D eigenvalue weighted by molar-refractivity contribution is 5.35. The number of aromatic nitrogens is 2. The minimum atomic E-state index is 0.724. The van der Waals surface area contributed by atoms with E-state index in [1.54, 1.807) is 12.5 Å². The Labute approximate surface area is 78.8 Å². The van der Waals surface area contributed by atoms with E-state index in [0.29, 0.717) is 0 Å². The van der Waals surface area contributed by atoms with Gasteiger partial charge in [0.1, 0.15) is 12.1 Å². The van der Waals surface area contributed by atoms with Gasteiger partial charge in [-0.2, -0.15) is 0 Å². The number of nitrogens with zero attached hydrogens (tertiary/aromatic N) is 3. The van der Waals surface area contributed by atoms with Crippen molar-refractivity contribution in [2.75, 3.05) is 24.5 Å². The Morgan fingerprint density at radius 1 is 1.54 bits per heavy atom. The normalized spacial score (nSPS) is 10.0. The number of rotatable bonds is 5. The molecule has 1 heterocycles. The van der Waals surface area contributed by atoms with Gasteiger partial charge in [0.2, 0.25) is 0 Å². The van der Waals surface area contributed by atoms with Crippen molar-refractivity contribution in [3.05, 3.63) is 18.6 Å². The Balaban J connectivity index is 2.56. The summed E-state index contributed by atoms with van der Waals surface area (Å²) in [4.78, 5) is 10.2. The van der Waals surface area contributed by atoms with Crippen LogP contribution >= 0.6 is 0 Å². The van der Waals surface area contributed by atoms with Crippen LogP contribution in [0.25, 0.3) is 0 Å². The predicted molar refractivity (Wildman–Crippen MR) is 53.6 cm³/mol. The predicted octanol–water partition coefficient (Wildman–Crippen LogP) is 0.652. The number of hydrogen-bond donors (Lipinski definition) is 1. The van der Waals surface area contributed by atoms with E-state index in [0.717, 1.165) is 31.9 Å². The molecule has 0 amide bonds. The standard InChI is InChI=1S/C9H16N4/c1-2-13(7-3-5-10)9-4-6-11-8-12-9/h4,6,8H,2-3,5,7,10H2,1H3. The van der Waals surface area contributed by atoms with E-state index in [1.807, 2.05) is 6.07 Å². The first-order valence-electron chi connectivity index (χ1n) is 4.59. The monoisotopic (exact) mass is 180 g/mol. The topological polar surface area (TPSA) is 55.0 Å². The van der Waals surface area contributed by atoms with Crippen LogP contribution in [0, 0.1) is 0 Å². The minimum Gasteiger partial charge on any atom is -0.357 e. The summed E-state index contributed by atoms with van der Waals surface area (Å²) in [6.45, 7) is 4.75. The molecule has 0 spiro atoms. The molecule has 0 atom stereocenters. The molecule has 0 saturated heterocycles. The highest BCUT2D eigenvalue weighted by Gasteiger charge is 2.02. The van der Waals surface area contributed by atoms with Crippen molar-refractivity contribution in [3.8, 4) is 0 Å². The van der Waals surface area contributed by atoms with Crippen molar-refractivity contribution < 1.29 is 0 Å². The molecule has 13 heavy (non-hydrogen) atoms. The molecule has 1 rings (SSSR count). The fraction of sp³-hybridized carbons (Fsp3) is 0.556. The number of nitrogens with two attached hydrogens (primary N) is 1. The molecule has 0 unspecified atom stereocenters. The molecule has 4 heteroatoms. The van der Waals surface area contributed by atoms with Crippen LogP contribution in [0.4, 0.5) is 5.82 Å². The minimum absolute atomic E-state index is 0.724. The first-order valence-corrected chi connectivity index (χ1v) is 4.59. The van der Waals surface area contributed by atoms with Gasteiger partial charge in [-0.1, -0.05) is 0 Å². The van der Waals surface area contributed by atoms with Crippen molar-refractivity contribution in [1.29, 1.82) is 0 Å². The molecule has 0 aliphatic carbocycles. The Kier molecular flexibility index (Phi) is 4.18. The lowest BCUT2D eigenvalue weighted by Crippen LogP contribution is -2.26. The van der Waals surface area contributed by atoms with Crippen LogP contribution in [0.2, 0.25) is 0 Å². The fourth-order valence-electron chi connectivity index (χ4n) is 1.19. The van der Waals surface area contributed by atoms with Crippen molar-refractivity contribution in [3.63, 3.8) is 0 Å². The van der Waals surface area contributed by atoms with Gasteiger partial charge in [-0.3, -0.25) is 0 Å². The lowest BCUT2D eigenvalue weighted by molar-refractivity contribution is 0.743. The zero-order chi connectivity index (χ0) is 9.52. The second-order valence-corrected chi connectivity index (χ2v) is 2.79. The van der Waals surface area contributed by atoms with E-state index in [9.17, 15) is 0 Å². The molecule has 0 saturated carbocycles. The second kappa shape index (κ2) is 5.48. The van der Waals surface area contributed by atoms with Gasteiger partial charge in [0.15, 0.2) is 0 Å². The zero-order valence-electron chi connectivity index (χ0n) is 7.98. The summed E-state index contributed by atoms with van der Waals surface area (Å²) in [6, 6.07) is 1.92. The van der Waals surface area contributed by atoms with Gasteiger partial charge in [0.05, 0.1) is 0 Å². The SMILES string of the molecule is CCN(CCCN)c1ccncn1. The third-order valence-electron chi connectivity index (χ3n) is 1.90. The van der Waals surface area contributed by atoms with Crippen LogP contribution in [0.5, 0.6) is 0 Å². The summed E-state index contributed by atoms with van der Waals surface area (Å²) < 4.78 is 0. The first kappa shape index (κ1) is 9.92. The van der Waals surface area contributed by atoms with E-state index < -0.39 is 0 Å². The summed E-state index contributed by atoms with van der Waals surface area (Å²) in [6.07, 6.45) is 4.33. The summed E-state index contributed by atoms with van der Waals surface area (Å²) in [5.41, 5.74) is 5.45. The van der Waals surface area contributed by atoms with Gasteiger partial charge in [-0.25, -0.2) is 9.97 Å². The van der Waals surface area contributed by atoms with Crippen molar-refractivity contribution in [2.24, 2.45) is 5.73 Å². The Hall–Kier alpha value is -1.16. The maximum absolute atomic E-state index is 5.45. The number of hydrogen-bond acceptors (Lipinski definition) is 4. The third kappa shape index (κ3) is 2.99. The molecule has 72 valence electrons. The zero-order valence-corrected chi connectivity index (χ0v) is 7.98. The Morgan fingerprint density at radius 2 is 2.38 bits per heavy atom. The average Bonchev–Trinajstić information content (AvgIpc) is 2.21. The van der Waals surface area contributed by atoms with Gasteiger partial charge >= 0.3 is 0 Å². The van der Waals surface area contributed by atoms with Crippen LogP contribution in [-0.2, 0) is 0 Å². The molecule has 0 radical (unpaired) electrons. The fourth-order valence-corrected chi connectivity index (χ4v) is 1.19. The summed E-state index contributed by atoms with van der Waals surface area (Å²) >= 11 is 0. The highest BCUT2D eigenvalue weighted by Crippen LogP contribution is 2.07. The Morgan fingerprint density at radius 3 is 2.92 bits per heavy atom. The molecule has 0 fully saturated rings. The summed E-state index contributed by atoms with van der Waals surface area (Å²) in [5, 5.41) is 0. The quantitative estimate of drug-likeness (QED) is 0.723. The van der Waals surface area contributed by atoms with E-state index in [1.165, 1.54) is 0 Å². The van der Waals surface area contributed by atoms with Gasteiger partial charge in [0, 0.05) is 19.3 Å². The summed E-state index contributed by atoms with van der Waals surface area (Å²) in [7, 11) is 0. The Bertz CT molecular complexity index is 224. The van der Waals surface area contributed by atoms with Crippen molar-refractivity contribution in [1.82, 2.24) is 9.97 Å². The highest BCUT2D eigenvalue weighted by atomic mass is 15.2. The molecular weight excluding hydrogens is 164 g/mol. The molecule has 0 aliphatic rings. The molecule has 1 aromatic heterocycles. The van der Waals surface area contributed by atoms with Crippen LogP contribution in [0.1, 0.15) is 13.3 Å². The van der Waals surface area contributed by atoms with Gasteiger partial charge in [0.25, 0.3) is 0 Å². The number of anilines is 1. The lowest BCUT2D eigenvalue weighted by Gasteiger charge is -2.20. The van der Waals surface area contributed by atoms with Crippen LogP contribution in [0.3, 0.4) is 0 Å². The van der Waals surface area contributed by atoms with Crippen LogP contribution in [-0.4, -0.2) is 29.6 Å². The molecule has 0 aliphatic heterocycles. The lowest BCUT2D eigenvalue weighted by atomic mass is 10.3. The molecule has 0 aromatic carbocycles. The maximum Gasteiger partial charge on any atom is 0.131 e. The van der Waals surface area contributed by atoms with E-state index in [2.05, 4.69) is 21.8 Å².